The summed E-state index contributed by atoms with van der Waals surface area (Å²) in [5, 5.41) is 2.84. The maximum Gasteiger partial charge on any atom is 0.224 e. The number of hydrogen-bond acceptors (Lipinski definition) is 2. The summed E-state index contributed by atoms with van der Waals surface area (Å²) in [5.74, 6) is -0.130. The number of hydrogen-bond donors (Lipinski definition) is 1. The van der Waals surface area contributed by atoms with Crippen molar-refractivity contribution in [3.8, 4) is 11.1 Å². The first-order valence-electron chi connectivity index (χ1n) is 6.82. The van der Waals surface area contributed by atoms with Crippen molar-refractivity contribution < 1.29 is 9.59 Å². The van der Waals surface area contributed by atoms with E-state index in [1.807, 2.05) is 18.2 Å². The number of anilines is 1. The van der Waals surface area contributed by atoms with Crippen LogP contribution in [0, 0.1) is 0 Å². The lowest BCUT2D eigenvalue weighted by molar-refractivity contribution is -0.118. The van der Waals surface area contributed by atoms with Crippen molar-refractivity contribution >= 4 is 33.8 Å². The Morgan fingerprint density at radius 2 is 1.86 bits per heavy atom. The average Bonchev–Trinajstić information content (AvgIpc) is 2.82. The van der Waals surface area contributed by atoms with E-state index in [0.29, 0.717) is 0 Å². The molecule has 1 aliphatic carbocycles. The number of aldehydes is 1. The van der Waals surface area contributed by atoms with E-state index in [1.54, 1.807) is 0 Å². The molecule has 1 N–H and O–H groups in total. The van der Waals surface area contributed by atoms with Crippen LogP contribution in [0.25, 0.3) is 11.1 Å². The maximum absolute atomic E-state index is 11.7. The van der Waals surface area contributed by atoms with Crippen LogP contribution in [-0.4, -0.2) is 12.2 Å². The van der Waals surface area contributed by atoms with Crippen LogP contribution in [0.2, 0.25) is 0 Å². The Morgan fingerprint density at radius 3 is 2.62 bits per heavy atom. The zero-order valence-corrected chi connectivity index (χ0v) is 12.9. The van der Waals surface area contributed by atoms with Crippen molar-refractivity contribution in [3.05, 3.63) is 52.0 Å². The van der Waals surface area contributed by atoms with E-state index in [1.165, 1.54) is 22.3 Å². The van der Waals surface area contributed by atoms with E-state index in [9.17, 15) is 9.59 Å². The smallest absolute Gasteiger partial charge is 0.224 e. The molecule has 1 amide bonds. The number of fused-ring (bicyclic) bond motifs is 3. The fourth-order valence-corrected chi connectivity index (χ4v) is 2.99. The Kier molecular flexibility index (Phi) is 3.88. The number of carbonyl (C=O) groups excluding carboxylic acids is 2. The summed E-state index contributed by atoms with van der Waals surface area (Å²) < 4.78 is 1.05. The molecule has 0 saturated carbocycles. The molecular formula is C17H14BrNO2. The monoisotopic (exact) mass is 343 g/mol. The lowest BCUT2D eigenvalue weighted by Gasteiger charge is -2.07. The fraction of sp³-hybridized carbons (Fsp3) is 0.176. The summed E-state index contributed by atoms with van der Waals surface area (Å²) in [7, 11) is 0. The minimum absolute atomic E-state index is 0.130. The molecule has 106 valence electrons. The van der Waals surface area contributed by atoms with Gasteiger partial charge in [-0.2, -0.15) is 0 Å². The lowest BCUT2D eigenvalue weighted by Crippen LogP contribution is -2.11. The Hall–Kier alpha value is -1.94. The maximum atomic E-state index is 11.7. The van der Waals surface area contributed by atoms with Crippen LogP contribution < -0.4 is 5.32 Å². The predicted octanol–water partition coefficient (Wildman–Crippen LogP) is 3.94. The second-order valence-corrected chi connectivity index (χ2v) is 6.02. The third-order valence-electron chi connectivity index (χ3n) is 3.63. The second kappa shape index (κ2) is 5.82. The summed E-state index contributed by atoms with van der Waals surface area (Å²) in [5.41, 5.74) is 5.73. The van der Waals surface area contributed by atoms with Crippen LogP contribution in [0.3, 0.4) is 0 Å². The molecule has 4 heteroatoms. The standard InChI is InChI=1S/C17H14BrNO2/c18-13-5-3-11-8-12-4-6-14(10-16(12)15(11)9-13)19-17(21)2-1-7-20/h3-7,9-10H,1-2,8H2,(H,19,21). The summed E-state index contributed by atoms with van der Waals surface area (Å²) >= 11 is 3.50. The predicted molar refractivity (Wildman–Crippen MR) is 86.3 cm³/mol. The van der Waals surface area contributed by atoms with Gasteiger partial charge in [0.05, 0.1) is 0 Å². The lowest BCUT2D eigenvalue weighted by atomic mass is 10.1. The highest BCUT2D eigenvalue weighted by molar-refractivity contribution is 9.10. The van der Waals surface area contributed by atoms with Gasteiger partial charge in [-0.1, -0.05) is 28.1 Å². The Balaban J connectivity index is 1.87. The number of carbonyl (C=O) groups is 2. The van der Waals surface area contributed by atoms with Gasteiger partial charge in [0, 0.05) is 23.0 Å². The number of halogens is 1. The van der Waals surface area contributed by atoms with Gasteiger partial charge in [0.15, 0.2) is 0 Å². The van der Waals surface area contributed by atoms with Crippen molar-refractivity contribution in [3.63, 3.8) is 0 Å². The van der Waals surface area contributed by atoms with Gasteiger partial charge in [0.25, 0.3) is 0 Å². The van der Waals surface area contributed by atoms with Crippen molar-refractivity contribution in [2.75, 3.05) is 5.32 Å². The third-order valence-corrected chi connectivity index (χ3v) is 4.12. The molecule has 0 spiro atoms. The number of rotatable bonds is 4. The van der Waals surface area contributed by atoms with Crippen LogP contribution in [0.1, 0.15) is 24.0 Å². The molecule has 1 aliphatic rings. The number of amides is 1. The molecular weight excluding hydrogens is 330 g/mol. The molecule has 21 heavy (non-hydrogen) atoms. The van der Waals surface area contributed by atoms with Gasteiger partial charge in [-0.25, -0.2) is 0 Å². The molecule has 0 fully saturated rings. The molecule has 3 rings (SSSR count). The minimum atomic E-state index is -0.130. The van der Waals surface area contributed by atoms with Gasteiger partial charge in [0.2, 0.25) is 5.91 Å². The van der Waals surface area contributed by atoms with Crippen LogP contribution in [0.15, 0.2) is 40.9 Å². The fourth-order valence-electron chi connectivity index (χ4n) is 2.63. The number of benzene rings is 2. The van der Waals surface area contributed by atoms with Crippen LogP contribution in [-0.2, 0) is 16.0 Å². The van der Waals surface area contributed by atoms with Crippen molar-refractivity contribution in [1.82, 2.24) is 0 Å². The molecule has 0 radical (unpaired) electrons. The first kappa shape index (κ1) is 14.0. The molecule has 0 aromatic heterocycles. The first-order chi connectivity index (χ1) is 10.2. The molecule has 2 aromatic rings. The van der Waals surface area contributed by atoms with E-state index in [4.69, 9.17) is 0 Å². The van der Waals surface area contributed by atoms with Gasteiger partial charge < -0.3 is 10.1 Å². The van der Waals surface area contributed by atoms with E-state index in [2.05, 4.69) is 39.4 Å². The summed E-state index contributed by atoms with van der Waals surface area (Å²) in [4.78, 5) is 22.0. The Bertz CT molecular complexity index is 725. The van der Waals surface area contributed by atoms with Crippen molar-refractivity contribution in [2.45, 2.75) is 19.3 Å². The largest absolute Gasteiger partial charge is 0.326 e. The van der Waals surface area contributed by atoms with Gasteiger partial charge in [-0.05, 0) is 52.9 Å². The summed E-state index contributed by atoms with van der Waals surface area (Å²) in [6, 6.07) is 12.3. The summed E-state index contributed by atoms with van der Waals surface area (Å²) in [6.45, 7) is 0. The van der Waals surface area contributed by atoms with Crippen molar-refractivity contribution in [1.29, 1.82) is 0 Å². The van der Waals surface area contributed by atoms with Crippen LogP contribution in [0.4, 0.5) is 5.69 Å². The molecule has 0 atom stereocenters. The molecule has 2 aromatic carbocycles. The zero-order chi connectivity index (χ0) is 14.8. The highest BCUT2D eigenvalue weighted by Crippen LogP contribution is 2.39. The highest BCUT2D eigenvalue weighted by atomic mass is 79.9. The third kappa shape index (κ3) is 2.90. The number of nitrogens with one attached hydrogen (secondary N) is 1. The quantitative estimate of drug-likeness (QED) is 0.729. The van der Waals surface area contributed by atoms with Crippen LogP contribution >= 0.6 is 15.9 Å². The second-order valence-electron chi connectivity index (χ2n) is 5.10. The topological polar surface area (TPSA) is 46.2 Å². The van der Waals surface area contributed by atoms with E-state index < -0.39 is 0 Å². The normalized spacial score (nSPS) is 11.7. The van der Waals surface area contributed by atoms with E-state index in [-0.39, 0.29) is 18.7 Å². The van der Waals surface area contributed by atoms with Crippen molar-refractivity contribution in [2.24, 2.45) is 0 Å². The Labute approximate surface area is 131 Å². The van der Waals surface area contributed by atoms with E-state index in [0.717, 1.165) is 22.9 Å². The van der Waals surface area contributed by atoms with Gasteiger partial charge in [-0.3, -0.25) is 4.79 Å². The minimum Gasteiger partial charge on any atom is -0.326 e. The van der Waals surface area contributed by atoms with Gasteiger partial charge in [0.1, 0.15) is 6.29 Å². The van der Waals surface area contributed by atoms with Gasteiger partial charge >= 0.3 is 0 Å². The Morgan fingerprint density at radius 1 is 1.14 bits per heavy atom. The van der Waals surface area contributed by atoms with Gasteiger partial charge in [-0.15, -0.1) is 0 Å². The molecule has 0 aliphatic heterocycles. The van der Waals surface area contributed by atoms with Crippen LogP contribution in [0.5, 0.6) is 0 Å². The highest BCUT2D eigenvalue weighted by Gasteiger charge is 2.19. The molecule has 3 nitrogen and oxygen atoms in total. The zero-order valence-electron chi connectivity index (χ0n) is 11.4. The first-order valence-corrected chi connectivity index (χ1v) is 7.62. The summed E-state index contributed by atoms with van der Waals surface area (Å²) in [6.07, 6.45) is 2.17. The SMILES string of the molecule is O=CCCC(=O)Nc1ccc2c(c1)-c1cc(Br)ccc1C2. The average molecular weight is 344 g/mol. The molecule has 0 saturated heterocycles. The molecule has 0 bridgehead atoms. The van der Waals surface area contributed by atoms with E-state index >= 15 is 0 Å². The molecule has 0 heterocycles. The molecule has 0 unspecified atom stereocenters.